The van der Waals surface area contributed by atoms with Crippen molar-refractivity contribution in [2.75, 3.05) is 41.8 Å². The molecule has 4 N–H and O–H groups in total. The smallest absolute Gasteiger partial charge is 0.257 e. The summed E-state index contributed by atoms with van der Waals surface area (Å²) in [6, 6.07) is 39.4. The van der Waals surface area contributed by atoms with Crippen LogP contribution in [0.5, 0.6) is 0 Å². The maximum atomic E-state index is 12.9. The van der Waals surface area contributed by atoms with Crippen LogP contribution in [0, 0.1) is 0 Å². The van der Waals surface area contributed by atoms with Crippen LogP contribution in [0.15, 0.2) is 132 Å². The molecule has 1 saturated heterocycles. The first-order valence-electron chi connectivity index (χ1n) is 20.5. The van der Waals surface area contributed by atoms with Crippen molar-refractivity contribution in [3.63, 3.8) is 0 Å². The molecule has 6 heterocycles. The lowest BCUT2D eigenvalue weighted by Crippen LogP contribution is -2.36. The minimum atomic E-state index is -0.248. The number of morpholine rings is 1. The Morgan fingerprint density at radius 3 is 1.88 bits per heavy atom. The summed E-state index contributed by atoms with van der Waals surface area (Å²) in [4.78, 5) is 48.6. The Kier molecular flexibility index (Phi) is 12.4. The second-order valence-corrected chi connectivity index (χ2v) is 18.6. The zero-order valence-electron chi connectivity index (χ0n) is 34.3. The normalized spacial score (nSPS) is 12.7. The average molecular weight is 1040 g/mol. The molecule has 17 heteroatoms. The van der Waals surface area contributed by atoms with Gasteiger partial charge in [0.05, 0.1) is 38.8 Å². The number of halogens is 5. The van der Waals surface area contributed by atoms with E-state index in [0.717, 1.165) is 89.0 Å². The van der Waals surface area contributed by atoms with E-state index >= 15 is 0 Å². The number of ether oxygens (including phenoxy) is 1. The number of carbonyl (C=O) groups excluding carboxylic acids is 2. The van der Waals surface area contributed by atoms with Gasteiger partial charge in [-0.25, -0.2) is 15.0 Å². The highest BCUT2D eigenvalue weighted by molar-refractivity contribution is 9.10. The number of para-hydroxylation sites is 1. The van der Waals surface area contributed by atoms with E-state index in [2.05, 4.69) is 56.4 Å². The van der Waals surface area contributed by atoms with Crippen LogP contribution in [0.3, 0.4) is 0 Å². The van der Waals surface area contributed by atoms with E-state index in [4.69, 9.17) is 51.1 Å². The molecular weight excluding hydrogens is 1000 g/mol. The summed E-state index contributed by atoms with van der Waals surface area (Å²) in [5.41, 5.74) is 8.25. The summed E-state index contributed by atoms with van der Waals surface area (Å²) in [7, 11) is 0. The van der Waals surface area contributed by atoms with Crippen molar-refractivity contribution in [2.45, 2.75) is 0 Å². The second-order valence-electron chi connectivity index (χ2n) is 15.2. The van der Waals surface area contributed by atoms with Gasteiger partial charge in [0.1, 0.15) is 20.8 Å². The first-order chi connectivity index (χ1) is 32.0. The molecule has 0 bridgehead atoms. The number of rotatable bonds is 7. The highest BCUT2D eigenvalue weighted by Gasteiger charge is 2.19. The molecule has 0 radical (unpaired) electrons. The Bertz CT molecular complexity index is 3470. The van der Waals surface area contributed by atoms with E-state index in [1.54, 1.807) is 42.5 Å². The fourth-order valence-electron chi connectivity index (χ4n) is 7.72. The van der Waals surface area contributed by atoms with Crippen LogP contribution in [0.1, 0.15) is 20.7 Å². The molecule has 0 atom stereocenters. The second kappa shape index (κ2) is 18.7. The van der Waals surface area contributed by atoms with Crippen LogP contribution < -0.4 is 15.5 Å². The summed E-state index contributed by atoms with van der Waals surface area (Å²) >= 11 is 30.7. The highest BCUT2D eigenvalue weighted by Crippen LogP contribution is 2.40. The van der Waals surface area contributed by atoms with Gasteiger partial charge < -0.3 is 24.9 Å². The molecule has 10 aromatic rings. The highest BCUT2D eigenvalue weighted by atomic mass is 79.9. The topological polar surface area (TPSA) is 141 Å². The zero-order valence-corrected chi connectivity index (χ0v) is 39.7. The summed E-state index contributed by atoms with van der Waals surface area (Å²) < 4.78 is 6.17. The van der Waals surface area contributed by atoms with E-state index in [1.165, 1.54) is 11.3 Å². The molecule has 328 valence electrons. The first kappa shape index (κ1) is 43.8. The quantitative estimate of drug-likeness (QED) is 0.117. The number of H-pyrrole nitrogens is 2. The lowest BCUT2D eigenvalue weighted by atomic mass is 10.1. The maximum Gasteiger partial charge on any atom is 0.257 e. The van der Waals surface area contributed by atoms with Gasteiger partial charge in [-0.15, -0.1) is 0 Å². The van der Waals surface area contributed by atoms with Gasteiger partial charge in [0.25, 0.3) is 11.8 Å². The summed E-state index contributed by atoms with van der Waals surface area (Å²) in [5.74, 6) is 0.0219. The fourth-order valence-corrected chi connectivity index (χ4v) is 10.3. The number of hydrogen-bond donors (Lipinski definition) is 4. The lowest BCUT2D eigenvalue weighted by Gasteiger charge is -2.29. The van der Waals surface area contributed by atoms with Crippen LogP contribution in [0.4, 0.5) is 16.6 Å². The number of pyridine rings is 2. The van der Waals surface area contributed by atoms with Gasteiger partial charge in [0.2, 0.25) is 0 Å². The molecule has 2 amide bonds. The molecule has 1 aliphatic heterocycles. The van der Waals surface area contributed by atoms with Crippen molar-refractivity contribution in [3.05, 3.63) is 163 Å². The number of aromatic nitrogens is 5. The molecule has 1 aliphatic rings. The molecule has 11 rings (SSSR count). The van der Waals surface area contributed by atoms with E-state index in [-0.39, 0.29) is 11.8 Å². The molecule has 0 spiro atoms. The number of nitrogens with one attached hydrogen (secondary N) is 4. The molecule has 5 aromatic carbocycles. The van der Waals surface area contributed by atoms with Gasteiger partial charge in [0.15, 0.2) is 5.13 Å². The monoisotopic (exact) mass is 1030 g/mol. The Balaban J connectivity index is 0.000000158. The standard InChI is InChI=1S/C28H22Cl2N4O2.C21H11BrCl2N4OS/c29-21-15-20(34-9-11-36-12-10-34)16-22(30)27(21)25-13-18-5-6-19(14-24(18)31-25)28(35)33-26-8-7-17-3-1-2-4-23(17)32-26;22-17-7-6-14-20(27-17)30-21(26-14)28-19(29)11-5-4-10-8-16(25-15(10)9-11)18-12(23)2-1-3-13(18)24/h1-8,13-16,31H,9-12H2,(H,32,33,35);1-9,25H,(H,26,28,29). The summed E-state index contributed by atoms with van der Waals surface area (Å²) in [6.45, 7) is 2.98. The Labute approximate surface area is 409 Å². The molecule has 66 heavy (non-hydrogen) atoms. The molecule has 0 unspecified atom stereocenters. The average Bonchev–Trinajstić information content (AvgIpc) is 4.05. The van der Waals surface area contributed by atoms with Crippen LogP contribution in [-0.4, -0.2) is 63.0 Å². The predicted octanol–water partition coefficient (Wildman–Crippen LogP) is 13.9. The molecular formula is C49H33BrCl4N8O3S. The third kappa shape index (κ3) is 9.20. The number of nitrogens with zero attached hydrogens (tertiary/aromatic N) is 4. The largest absolute Gasteiger partial charge is 0.378 e. The van der Waals surface area contributed by atoms with E-state index in [0.29, 0.717) is 55.4 Å². The lowest BCUT2D eigenvalue weighted by molar-refractivity contribution is 0.101. The van der Waals surface area contributed by atoms with Gasteiger partial charge in [-0.2, -0.15) is 0 Å². The van der Waals surface area contributed by atoms with Gasteiger partial charge in [-0.3, -0.25) is 14.9 Å². The number of benzene rings is 5. The number of hydrogen-bond acceptors (Lipinski definition) is 8. The van der Waals surface area contributed by atoms with Crippen molar-refractivity contribution < 1.29 is 14.3 Å². The Hall–Kier alpha value is -6.03. The van der Waals surface area contributed by atoms with Crippen molar-refractivity contribution in [1.82, 2.24) is 24.9 Å². The third-order valence-electron chi connectivity index (χ3n) is 11.0. The molecule has 0 saturated carbocycles. The number of aromatic amines is 2. The van der Waals surface area contributed by atoms with E-state index < -0.39 is 0 Å². The van der Waals surface area contributed by atoms with Gasteiger partial charge >= 0.3 is 0 Å². The third-order valence-corrected chi connectivity index (χ3v) is 13.5. The van der Waals surface area contributed by atoms with E-state index in [9.17, 15) is 9.59 Å². The Morgan fingerprint density at radius 2 is 1.21 bits per heavy atom. The van der Waals surface area contributed by atoms with Crippen molar-refractivity contribution >= 4 is 145 Å². The van der Waals surface area contributed by atoms with Crippen molar-refractivity contribution in [2.24, 2.45) is 0 Å². The molecule has 1 fully saturated rings. The van der Waals surface area contributed by atoms with Gasteiger partial charge in [-0.05, 0) is 107 Å². The number of amides is 2. The summed E-state index contributed by atoms with van der Waals surface area (Å²) in [5, 5.41) is 11.4. The first-order valence-corrected chi connectivity index (χ1v) is 23.6. The minimum Gasteiger partial charge on any atom is -0.378 e. The SMILES string of the molecule is O=C(Nc1ccc2ccccc2n1)c1ccc2cc(-c3c(Cl)cc(N4CCOCC4)cc3Cl)[nH]c2c1.O=C(Nc1nc2ccc(Br)nc2s1)c1ccc2cc(-c3c(Cl)cccc3Cl)[nH]c2c1. The van der Waals surface area contributed by atoms with Crippen molar-refractivity contribution in [1.29, 1.82) is 0 Å². The number of carbonyl (C=O) groups is 2. The number of thiazole rings is 1. The van der Waals surface area contributed by atoms with Gasteiger partial charge in [-0.1, -0.05) is 94.1 Å². The molecule has 0 aliphatic carbocycles. The zero-order chi connectivity index (χ0) is 45.5. The van der Waals surface area contributed by atoms with Crippen molar-refractivity contribution in [3.8, 4) is 22.5 Å². The summed E-state index contributed by atoms with van der Waals surface area (Å²) in [6.07, 6.45) is 0. The van der Waals surface area contributed by atoms with Crippen LogP contribution in [0.25, 0.3) is 65.6 Å². The number of anilines is 3. The predicted molar refractivity (Wildman–Crippen MR) is 273 cm³/mol. The van der Waals surface area contributed by atoms with E-state index in [1.807, 2.05) is 84.9 Å². The molecule has 5 aromatic heterocycles. The Morgan fingerprint density at radius 1 is 0.606 bits per heavy atom. The van der Waals surface area contributed by atoms with Gasteiger partial charge in [0, 0.05) is 79.6 Å². The van der Waals surface area contributed by atoms with Crippen LogP contribution in [0.2, 0.25) is 20.1 Å². The maximum absolute atomic E-state index is 12.9. The molecule has 11 nitrogen and oxygen atoms in total. The number of fused-ring (bicyclic) bond motifs is 4. The minimum absolute atomic E-state index is 0.234. The van der Waals surface area contributed by atoms with Crippen LogP contribution >= 0.6 is 73.7 Å². The van der Waals surface area contributed by atoms with Crippen LogP contribution in [-0.2, 0) is 4.74 Å². The fraction of sp³-hybridized carbons (Fsp3) is 0.0816.